The van der Waals surface area contributed by atoms with Crippen LogP contribution in [-0.2, 0) is 19.2 Å². The lowest BCUT2D eigenvalue weighted by Gasteiger charge is -2.23. The van der Waals surface area contributed by atoms with Crippen molar-refractivity contribution in [2.45, 2.75) is 95.2 Å². The first-order valence-corrected chi connectivity index (χ1v) is 12.5. The molecule has 0 fully saturated rings. The van der Waals surface area contributed by atoms with Gasteiger partial charge in [-0.3, -0.25) is 14.4 Å². The van der Waals surface area contributed by atoms with Crippen LogP contribution in [0.25, 0.3) is 0 Å². The van der Waals surface area contributed by atoms with E-state index >= 15 is 0 Å². The third-order valence-corrected chi connectivity index (χ3v) is 5.54. The van der Waals surface area contributed by atoms with E-state index in [-0.39, 0.29) is 25.2 Å². The summed E-state index contributed by atoms with van der Waals surface area (Å²) < 4.78 is 0. The lowest BCUT2D eigenvalue weighted by atomic mass is 10.1. The summed E-state index contributed by atoms with van der Waals surface area (Å²) in [7, 11) is 0. The lowest BCUT2D eigenvalue weighted by molar-refractivity contribution is -0.142. The van der Waals surface area contributed by atoms with Crippen molar-refractivity contribution >= 4 is 23.7 Å². The van der Waals surface area contributed by atoms with Gasteiger partial charge >= 0.3 is 5.97 Å². The zero-order valence-corrected chi connectivity index (χ0v) is 20.8. The van der Waals surface area contributed by atoms with Gasteiger partial charge in [-0.25, -0.2) is 4.79 Å². The van der Waals surface area contributed by atoms with Gasteiger partial charge in [-0.05, 0) is 51.6 Å². The van der Waals surface area contributed by atoms with Crippen LogP contribution in [0.5, 0.6) is 0 Å². The molecule has 0 aromatic rings. The number of amides is 3. The summed E-state index contributed by atoms with van der Waals surface area (Å²) in [5, 5.41) is 26.3. The zero-order chi connectivity index (χ0) is 26.5. The lowest BCUT2D eigenvalue weighted by Crippen LogP contribution is -2.56. The molecule has 3 atom stereocenters. The molecule has 0 aliphatic carbocycles. The van der Waals surface area contributed by atoms with E-state index < -0.39 is 42.5 Å². The number of unbranched alkanes of at least 4 members (excludes halogenated alkanes) is 7. The van der Waals surface area contributed by atoms with Crippen LogP contribution in [0, 0.1) is 0 Å². The molecule has 11 heteroatoms. The molecular formula is C24H45N5O6. The van der Waals surface area contributed by atoms with Crippen LogP contribution in [0.15, 0.2) is 12.7 Å². The van der Waals surface area contributed by atoms with Crippen LogP contribution in [0.1, 0.15) is 77.0 Å². The molecule has 0 saturated carbocycles. The minimum Gasteiger partial charge on any atom is -0.480 e. The Morgan fingerprint density at radius 2 is 1.26 bits per heavy atom. The van der Waals surface area contributed by atoms with Crippen molar-refractivity contribution in [1.82, 2.24) is 16.0 Å². The van der Waals surface area contributed by atoms with Gasteiger partial charge in [0.25, 0.3) is 0 Å². The molecule has 0 radical (unpaired) electrons. The number of carboxylic acid groups (broad SMARTS) is 1. The van der Waals surface area contributed by atoms with Gasteiger partial charge in [0.2, 0.25) is 17.7 Å². The van der Waals surface area contributed by atoms with Crippen LogP contribution >= 0.6 is 0 Å². The number of nitrogens with two attached hydrogens (primary N) is 2. The Morgan fingerprint density at radius 3 is 1.80 bits per heavy atom. The van der Waals surface area contributed by atoms with E-state index in [2.05, 4.69) is 22.5 Å². The molecule has 0 saturated heterocycles. The monoisotopic (exact) mass is 499 g/mol. The van der Waals surface area contributed by atoms with Gasteiger partial charge in [0.1, 0.15) is 18.1 Å². The Labute approximate surface area is 208 Å². The molecule has 0 rings (SSSR count). The van der Waals surface area contributed by atoms with Crippen LogP contribution in [0.3, 0.4) is 0 Å². The van der Waals surface area contributed by atoms with Gasteiger partial charge in [0.05, 0.1) is 6.61 Å². The fourth-order valence-electron chi connectivity index (χ4n) is 3.47. The van der Waals surface area contributed by atoms with E-state index in [4.69, 9.17) is 11.5 Å². The average Bonchev–Trinajstić information content (AvgIpc) is 2.83. The molecule has 11 nitrogen and oxygen atoms in total. The molecule has 0 aliphatic heterocycles. The largest absolute Gasteiger partial charge is 0.480 e. The summed E-state index contributed by atoms with van der Waals surface area (Å²) in [6, 6.07) is -3.43. The summed E-state index contributed by atoms with van der Waals surface area (Å²) in [5.41, 5.74) is 11.0. The van der Waals surface area contributed by atoms with Gasteiger partial charge in [-0.2, -0.15) is 0 Å². The number of aliphatic hydroxyl groups excluding tert-OH is 1. The first kappa shape index (κ1) is 32.5. The van der Waals surface area contributed by atoms with Gasteiger partial charge < -0.3 is 37.6 Å². The molecule has 0 aromatic heterocycles. The van der Waals surface area contributed by atoms with Gasteiger partial charge in [0, 0.05) is 6.42 Å². The Balaban J connectivity index is 4.76. The average molecular weight is 500 g/mol. The smallest absolute Gasteiger partial charge is 0.326 e. The second kappa shape index (κ2) is 20.8. The minimum absolute atomic E-state index is 0.0214. The number of rotatable bonds is 22. The van der Waals surface area contributed by atoms with E-state index in [0.717, 1.165) is 38.5 Å². The summed E-state index contributed by atoms with van der Waals surface area (Å²) in [4.78, 5) is 48.9. The van der Waals surface area contributed by atoms with Crippen molar-refractivity contribution in [3.05, 3.63) is 12.7 Å². The molecule has 9 N–H and O–H groups in total. The summed E-state index contributed by atoms with van der Waals surface area (Å²) in [5.74, 6) is -2.96. The highest BCUT2D eigenvalue weighted by atomic mass is 16.4. The summed E-state index contributed by atoms with van der Waals surface area (Å²) >= 11 is 0. The molecule has 0 aromatic carbocycles. The predicted octanol–water partition coefficient (Wildman–Crippen LogP) is 0.302. The molecule has 0 heterocycles. The number of aliphatic hydroxyl groups is 1. The third kappa shape index (κ3) is 15.9. The molecule has 0 aliphatic rings. The van der Waals surface area contributed by atoms with E-state index in [0.29, 0.717) is 32.4 Å². The maximum atomic E-state index is 12.7. The Kier molecular flexibility index (Phi) is 19.3. The molecule has 0 bridgehead atoms. The Bertz CT molecular complexity index is 646. The molecule has 0 spiro atoms. The first-order valence-electron chi connectivity index (χ1n) is 12.5. The first-order chi connectivity index (χ1) is 16.8. The van der Waals surface area contributed by atoms with Crippen LogP contribution in [0.2, 0.25) is 0 Å². The summed E-state index contributed by atoms with van der Waals surface area (Å²) in [6.07, 6.45) is 9.93. The normalized spacial score (nSPS) is 13.3. The van der Waals surface area contributed by atoms with Gasteiger partial charge in [-0.15, -0.1) is 6.58 Å². The van der Waals surface area contributed by atoms with Crippen LogP contribution < -0.4 is 27.4 Å². The number of nitrogens with one attached hydrogen (secondary N) is 3. The topological polar surface area (TPSA) is 197 Å². The number of hydrogen-bond acceptors (Lipinski definition) is 7. The highest BCUT2D eigenvalue weighted by molar-refractivity contribution is 5.93. The number of hydrogen-bond donors (Lipinski definition) is 7. The fourth-order valence-corrected chi connectivity index (χ4v) is 3.47. The van der Waals surface area contributed by atoms with Crippen LogP contribution in [-0.4, -0.2) is 71.7 Å². The maximum Gasteiger partial charge on any atom is 0.326 e. The molecule has 0 unspecified atom stereocenters. The van der Waals surface area contributed by atoms with Crippen LogP contribution in [0.4, 0.5) is 0 Å². The number of carboxylic acids is 1. The van der Waals surface area contributed by atoms with Crippen molar-refractivity contribution in [3.63, 3.8) is 0 Å². The summed E-state index contributed by atoms with van der Waals surface area (Å²) in [6.45, 7) is 3.95. The Morgan fingerprint density at radius 1 is 0.743 bits per heavy atom. The predicted molar refractivity (Wildman–Crippen MR) is 134 cm³/mol. The van der Waals surface area contributed by atoms with Crippen molar-refractivity contribution < 1.29 is 29.4 Å². The molecular weight excluding hydrogens is 454 g/mol. The van der Waals surface area contributed by atoms with Crippen molar-refractivity contribution in [3.8, 4) is 0 Å². The molecule has 35 heavy (non-hydrogen) atoms. The standard InChI is InChI=1S/C24H45N5O6/c1-2-12-19(24(34)35)29-22(32)18(13-9-11-16-26)28-23(33)20(17-30)27-21(31)14-8-6-4-3-5-7-10-15-25/h2,18-20,30H,1,3-17,25-26H2,(H,27,31)(H,28,33)(H,29,32)(H,34,35)/t18-,19-,20-/m0/s1. The van der Waals surface area contributed by atoms with Gasteiger partial charge in [0.15, 0.2) is 0 Å². The number of aliphatic carboxylic acids is 1. The van der Waals surface area contributed by atoms with E-state index in [1.165, 1.54) is 6.08 Å². The second-order valence-corrected chi connectivity index (χ2v) is 8.59. The fraction of sp³-hybridized carbons (Fsp3) is 0.750. The SMILES string of the molecule is C=CC[C@H](NC(=O)[C@H](CCCCN)NC(=O)[C@H](CO)NC(=O)CCCCCCCCCN)C(=O)O. The number of carbonyl (C=O) groups excluding carboxylic acids is 3. The molecule has 3 amide bonds. The van der Waals surface area contributed by atoms with Crippen molar-refractivity contribution in [2.75, 3.05) is 19.7 Å². The highest BCUT2D eigenvalue weighted by Crippen LogP contribution is 2.08. The number of carbonyl (C=O) groups is 4. The minimum atomic E-state index is -1.22. The maximum absolute atomic E-state index is 12.7. The van der Waals surface area contributed by atoms with E-state index in [1.54, 1.807) is 0 Å². The third-order valence-electron chi connectivity index (χ3n) is 5.54. The van der Waals surface area contributed by atoms with Crippen molar-refractivity contribution in [1.29, 1.82) is 0 Å². The highest BCUT2D eigenvalue weighted by Gasteiger charge is 2.28. The Hall–Kier alpha value is -2.50. The molecule has 202 valence electrons. The second-order valence-electron chi connectivity index (χ2n) is 8.59. The van der Waals surface area contributed by atoms with E-state index in [9.17, 15) is 29.4 Å². The quantitative estimate of drug-likeness (QED) is 0.0815. The van der Waals surface area contributed by atoms with Gasteiger partial charge in [-0.1, -0.05) is 38.2 Å². The van der Waals surface area contributed by atoms with Crippen molar-refractivity contribution in [2.24, 2.45) is 11.5 Å². The van der Waals surface area contributed by atoms with E-state index in [1.807, 2.05) is 0 Å². The zero-order valence-electron chi connectivity index (χ0n) is 20.8.